The lowest BCUT2D eigenvalue weighted by molar-refractivity contribution is -0.133. The Labute approximate surface area is 154 Å². The van der Waals surface area contributed by atoms with Crippen molar-refractivity contribution in [2.45, 2.75) is 57.8 Å². The molecule has 0 bridgehead atoms. The van der Waals surface area contributed by atoms with E-state index < -0.39 is 0 Å². The molecule has 1 saturated carbocycles. The van der Waals surface area contributed by atoms with E-state index in [2.05, 4.69) is 15.1 Å². The number of rotatable bonds is 5. The van der Waals surface area contributed by atoms with Crippen LogP contribution in [0.3, 0.4) is 0 Å². The van der Waals surface area contributed by atoms with Gasteiger partial charge in [0.05, 0.1) is 0 Å². The number of piperidine rings is 1. The molecule has 0 aromatic heterocycles. The average molecular weight is 358 g/mol. The topological polar surface area (TPSA) is 35.6 Å². The highest BCUT2D eigenvalue weighted by atomic mass is 35.5. The monoisotopic (exact) mass is 357 g/mol. The van der Waals surface area contributed by atoms with E-state index in [0.717, 1.165) is 50.9 Å². The van der Waals surface area contributed by atoms with Gasteiger partial charge in [-0.1, -0.05) is 32.1 Å². The van der Waals surface area contributed by atoms with Gasteiger partial charge in [-0.25, -0.2) is 0 Å². The molecule has 0 radical (unpaired) electrons. The number of hydrogen-bond acceptors (Lipinski definition) is 3. The van der Waals surface area contributed by atoms with Crippen LogP contribution < -0.4 is 5.32 Å². The molecule has 0 spiro atoms. The van der Waals surface area contributed by atoms with Gasteiger partial charge in [0.15, 0.2) is 0 Å². The van der Waals surface area contributed by atoms with Crippen molar-refractivity contribution in [3.05, 3.63) is 0 Å². The zero-order valence-electron chi connectivity index (χ0n) is 15.2. The Hall–Kier alpha value is -0.320. The average Bonchev–Trinajstić information content (AvgIpc) is 2.62. The Morgan fingerprint density at radius 3 is 2.21 bits per heavy atom. The van der Waals surface area contributed by atoms with Crippen LogP contribution in [0.25, 0.3) is 0 Å². The summed E-state index contributed by atoms with van der Waals surface area (Å²) < 4.78 is 0. The number of nitrogens with zero attached hydrogens (tertiary/aromatic N) is 2. The zero-order chi connectivity index (χ0) is 15.9. The van der Waals surface area contributed by atoms with E-state index in [0.29, 0.717) is 5.91 Å². The number of amides is 1. The van der Waals surface area contributed by atoms with Crippen LogP contribution in [0.2, 0.25) is 0 Å². The van der Waals surface area contributed by atoms with E-state index >= 15 is 0 Å². The second-order valence-electron chi connectivity index (χ2n) is 7.92. The van der Waals surface area contributed by atoms with Gasteiger partial charge in [0.2, 0.25) is 5.91 Å². The maximum absolute atomic E-state index is 12.4. The molecule has 4 nitrogen and oxygen atoms in total. The molecule has 0 atom stereocenters. The van der Waals surface area contributed by atoms with E-state index in [1.807, 2.05) is 0 Å². The number of carbonyl (C=O) groups excluding carboxylic acids is 1. The molecule has 3 rings (SSSR count). The summed E-state index contributed by atoms with van der Waals surface area (Å²) in [4.78, 5) is 17.1. The Bertz CT molecular complexity index is 360. The lowest BCUT2D eigenvalue weighted by Crippen LogP contribution is -2.50. The fourth-order valence-electron chi connectivity index (χ4n) is 4.57. The molecule has 2 saturated heterocycles. The Morgan fingerprint density at radius 1 is 0.875 bits per heavy atom. The van der Waals surface area contributed by atoms with Gasteiger partial charge in [0, 0.05) is 39.1 Å². The molecule has 0 aromatic carbocycles. The summed E-state index contributed by atoms with van der Waals surface area (Å²) in [6.45, 7) is 7.68. The summed E-state index contributed by atoms with van der Waals surface area (Å²) in [5.41, 5.74) is 0. The van der Waals surface area contributed by atoms with Crippen LogP contribution in [-0.2, 0) is 4.79 Å². The van der Waals surface area contributed by atoms with E-state index in [1.54, 1.807) is 0 Å². The third-order valence-corrected chi connectivity index (χ3v) is 6.19. The van der Waals surface area contributed by atoms with Gasteiger partial charge in [-0.05, 0) is 44.2 Å². The van der Waals surface area contributed by atoms with Gasteiger partial charge in [-0.15, -0.1) is 12.4 Å². The predicted molar refractivity (Wildman–Crippen MR) is 102 cm³/mol. The molecular formula is C19H36ClN3O. The maximum atomic E-state index is 12.4. The molecule has 140 valence electrons. The highest BCUT2D eigenvalue weighted by Crippen LogP contribution is 2.27. The highest BCUT2D eigenvalue weighted by molar-refractivity contribution is 5.85. The molecule has 2 heterocycles. The normalized spacial score (nSPS) is 24.6. The largest absolute Gasteiger partial charge is 0.340 e. The van der Waals surface area contributed by atoms with E-state index in [4.69, 9.17) is 0 Å². The van der Waals surface area contributed by atoms with Crippen LogP contribution in [0.4, 0.5) is 0 Å². The summed E-state index contributed by atoms with van der Waals surface area (Å²) in [6.07, 6.45) is 11.5. The van der Waals surface area contributed by atoms with Crippen molar-refractivity contribution >= 4 is 18.3 Å². The summed E-state index contributed by atoms with van der Waals surface area (Å²) in [6, 6.07) is 0. The van der Waals surface area contributed by atoms with Gasteiger partial charge >= 0.3 is 0 Å². The van der Waals surface area contributed by atoms with Gasteiger partial charge in [-0.3, -0.25) is 9.69 Å². The van der Waals surface area contributed by atoms with E-state index in [1.165, 1.54) is 64.6 Å². The van der Waals surface area contributed by atoms with Crippen molar-refractivity contribution in [1.82, 2.24) is 15.1 Å². The number of piperazine rings is 1. The fourth-order valence-corrected chi connectivity index (χ4v) is 4.57. The van der Waals surface area contributed by atoms with E-state index in [9.17, 15) is 4.79 Å². The van der Waals surface area contributed by atoms with E-state index in [-0.39, 0.29) is 12.4 Å². The molecule has 0 unspecified atom stereocenters. The summed E-state index contributed by atoms with van der Waals surface area (Å²) >= 11 is 0. The second-order valence-corrected chi connectivity index (χ2v) is 7.92. The molecule has 0 aromatic rings. The van der Waals surface area contributed by atoms with Crippen molar-refractivity contribution in [1.29, 1.82) is 0 Å². The van der Waals surface area contributed by atoms with Crippen molar-refractivity contribution in [3.63, 3.8) is 0 Å². The van der Waals surface area contributed by atoms with Crippen molar-refractivity contribution in [2.75, 3.05) is 45.8 Å². The molecule has 5 heteroatoms. The van der Waals surface area contributed by atoms with Gasteiger partial charge in [0.1, 0.15) is 0 Å². The minimum absolute atomic E-state index is 0. The number of carbonyl (C=O) groups is 1. The van der Waals surface area contributed by atoms with Crippen molar-refractivity contribution in [3.8, 4) is 0 Å². The second kappa shape index (κ2) is 10.6. The van der Waals surface area contributed by atoms with Crippen LogP contribution in [0.1, 0.15) is 57.8 Å². The van der Waals surface area contributed by atoms with Crippen molar-refractivity contribution < 1.29 is 4.79 Å². The lowest BCUT2D eigenvalue weighted by atomic mass is 9.86. The lowest BCUT2D eigenvalue weighted by Gasteiger charge is -2.37. The Balaban J connectivity index is 0.00000208. The smallest absolute Gasteiger partial charge is 0.222 e. The highest BCUT2D eigenvalue weighted by Gasteiger charge is 2.24. The van der Waals surface area contributed by atoms with Gasteiger partial charge in [0.25, 0.3) is 0 Å². The first-order chi connectivity index (χ1) is 11.3. The first-order valence-electron chi connectivity index (χ1n) is 10.0. The third kappa shape index (κ3) is 6.20. The molecule has 2 aliphatic heterocycles. The maximum Gasteiger partial charge on any atom is 0.222 e. The summed E-state index contributed by atoms with van der Waals surface area (Å²) in [5.74, 6) is 2.11. The zero-order valence-corrected chi connectivity index (χ0v) is 16.0. The SMILES string of the molecule is Cl.O=C(CCC1CCCCC1)N1CCN(CC2CCNCC2)CC1. The van der Waals surface area contributed by atoms with Crippen molar-refractivity contribution in [2.24, 2.45) is 11.8 Å². The molecule has 3 fully saturated rings. The van der Waals surface area contributed by atoms with Gasteiger partial charge < -0.3 is 10.2 Å². The van der Waals surface area contributed by atoms with Gasteiger partial charge in [-0.2, -0.15) is 0 Å². The van der Waals surface area contributed by atoms with Crippen LogP contribution in [-0.4, -0.2) is 61.5 Å². The van der Waals surface area contributed by atoms with Crippen LogP contribution in [0, 0.1) is 11.8 Å². The molecule has 1 N–H and O–H groups in total. The Morgan fingerprint density at radius 2 is 1.54 bits per heavy atom. The minimum Gasteiger partial charge on any atom is -0.340 e. The summed E-state index contributed by atoms with van der Waals surface area (Å²) in [5, 5.41) is 3.44. The fraction of sp³-hybridized carbons (Fsp3) is 0.947. The quantitative estimate of drug-likeness (QED) is 0.821. The summed E-state index contributed by atoms with van der Waals surface area (Å²) in [7, 11) is 0. The molecule has 1 amide bonds. The predicted octanol–water partition coefficient (Wildman–Crippen LogP) is 2.91. The van der Waals surface area contributed by atoms with Crippen LogP contribution in [0.15, 0.2) is 0 Å². The molecular weight excluding hydrogens is 322 g/mol. The molecule has 1 aliphatic carbocycles. The number of nitrogens with one attached hydrogen (secondary N) is 1. The first-order valence-corrected chi connectivity index (χ1v) is 10.0. The van der Waals surface area contributed by atoms with Crippen LogP contribution >= 0.6 is 12.4 Å². The number of hydrogen-bond donors (Lipinski definition) is 1. The first kappa shape index (κ1) is 20.0. The number of halogens is 1. The molecule has 3 aliphatic rings. The minimum atomic E-state index is 0. The van der Waals surface area contributed by atoms with Crippen LogP contribution in [0.5, 0.6) is 0 Å². The third-order valence-electron chi connectivity index (χ3n) is 6.19. The Kier molecular flexibility index (Phi) is 8.85. The molecule has 24 heavy (non-hydrogen) atoms. The standard InChI is InChI=1S/C19H35N3O.ClH/c23-19(7-6-17-4-2-1-3-5-17)22-14-12-21(13-15-22)16-18-8-10-20-11-9-18;/h17-18,20H,1-16H2;1H.